The summed E-state index contributed by atoms with van der Waals surface area (Å²) in [6.45, 7) is 4.28. The average molecular weight is 394 g/mol. The van der Waals surface area contributed by atoms with E-state index in [2.05, 4.69) is 4.98 Å². The Bertz CT molecular complexity index is 845. The fraction of sp³-hybridized carbons (Fsp3) is 0.526. The minimum absolute atomic E-state index is 0.0711. The average Bonchev–Trinajstić information content (AvgIpc) is 2.91. The number of aromatic nitrogens is 2. The fourth-order valence-corrected chi connectivity index (χ4v) is 4.34. The molecule has 1 aliphatic heterocycles. The first-order valence-electron chi connectivity index (χ1n) is 9.21. The van der Waals surface area contributed by atoms with Crippen molar-refractivity contribution in [2.75, 3.05) is 18.8 Å². The summed E-state index contributed by atoms with van der Waals surface area (Å²) >= 11 is 7.40. The quantitative estimate of drug-likeness (QED) is 0.570. The zero-order valence-corrected chi connectivity index (χ0v) is 16.6. The molecule has 2 aromatic rings. The van der Waals surface area contributed by atoms with E-state index in [9.17, 15) is 9.59 Å². The molecule has 7 heteroatoms. The lowest BCUT2D eigenvalue weighted by Crippen LogP contribution is -2.33. The lowest BCUT2D eigenvalue weighted by Gasteiger charge is -2.20. The van der Waals surface area contributed by atoms with Crippen LogP contribution in [0.3, 0.4) is 0 Å². The van der Waals surface area contributed by atoms with Crippen molar-refractivity contribution >= 4 is 40.2 Å². The second kappa shape index (κ2) is 8.91. The van der Waals surface area contributed by atoms with Gasteiger partial charge in [-0.15, -0.1) is 0 Å². The van der Waals surface area contributed by atoms with Gasteiger partial charge >= 0.3 is 0 Å². The van der Waals surface area contributed by atoms with Crippen molar-refractivity contribution < 1.29 is 4.79 Å². The van der Waals surface area contributed by atoms with E-state index in [-0.39, 0.29) is 11.5 Å². The number of carbonyl (C=O) groups is 1. The number of hydrogen-bond acceptors (Lipinski definition) is 4. The van der Waals surface area contributed by atoms with Gasteiger partial charge in [-0.1, -0.05) is 43.1 Å². The van der Waals surface area contributed by atoms with Crippen LogP contribution in [0.1, 0.15) is 39.0 Å². The van der Waals surface area contributed by atoms with Gasteiger partial charge in [0, 0.05) is 24.7 Å². The summed E-state index contributed by atoms with van der Waals surface area (Å²) in [7, 11) is 0. The third-order valence-electron chi connectivity index (χ3n) is 4.61. The maximum atomic E-state index is 12.8. The molecule has 26 heavy (non-hydrogen) atoms. The molecule has 0 saturated carbocycles. The van der Waals surface area contributed by atoms with E-state index in [0.717, 1.165) is 32.4 Å². The maximum absolute atomic E-state index is 12.8. The molecular formula is C19H24ClN3O2S. The summed E-state index contributed by atoms with van der Waals surface area (Å²) in [5, 5.41) is 1.70. The smallest absolute Gasteiger partial charge is 0.262 e. The zero-order valence-electron chi connectivity index (χ0n) is 15.0. The molecule has 1 fully saturated rings. The Morgan fingerprint density at radius 3 is 2.65 bits per heavy atom. The number of halogens is 1. The lowest BCUT2D eigenvalue weighted by atomic mass is 10.2. The standard InChI is InChI=1S/C19H24ClN3O2S/c1-2-9-23-18(25)15-8-7-14(20)12-16(15)21-19(23)26-13-17(24)22-10-5-3-4-6-11-22/h7-8,12H,2-6,9-11,13H2,1H3. The molecule has 1 amide bonds. The van der Waals surface area contributed by atoms with Gasteiger partial charge in [-0.2, -0.15) is 0 Å². The highest BCUT2D eigenvalue weighted by Gasteiger charge is 2.18. The largest absolute Gasteiger partial charge is 0.342 e. The molecule has 1 saturated heterocycles. The number of thioether (sulfide) groups is 1. The van der Waals surface area contributed by atoms with Crippen LogP contribution >= 0.6 is 23.4 Å². The topological polar surface area (TPSA) is 55.2 Å². The fourth-order valence-electron chi connectivity index (χ4n) is 3.24. The Balaban J connectivity index is 1.84. The van der Waals surface area contributed by atoms with Crippen molar-refractivity contribution in [2.45, 2.75) is 50.7 Å². The molecule has 0 atom stereocenters. The van der Waals surface area contributed by atoms with Crippen LogP contribution in [0, 0.1) is 0 Å². The van der Waals surface area contributed by atoms with Gasteiger partial charge in [0.05, 0.1) is 16.7 Å². The van der Waals surface area contributed by atoms with E-state index in [0.29, 0.717) is 33.4 Å². The molecule has 2 heterocycles. The molecule has 140 valence electrons. The molecule has 0 radical (unpaired) electrons. The molecule has 1 aromatic heterocycles. The van der Waals surface area contributed by atoms with Gasteiger partial charge in [-0.3, -0.25) is 14.2 Å². The van der Waals surface area contributed by atoms with Gasteiger partial charge in [0.15, 0.2) is 5.16 Å². The molecule has 0 N–H and O–H groups in total. The Labute approximate surface area is 162 Å². The summed E-state index contributed by atoms with van der Waals surface area (Å²) in [4.78, 5) is 31.9. The SMILES string of the molecule is CCCn1c(SCC(=O)N2CCCCCC2)nc2cc(Cl)ccc2c1=O. The van der Waals surface area contributed by atoms with Gasteiger partial charge < -0.3 is 4.90 Å². The first-order chi connectivity index (χ1) is 12.6. The van der Waals surface area contributed by atoms with Crippen molar-refractivity contribution in [2.24, 2.45) is 0 Å². The molecule has 0 unspecified atom stereocenters. The van der Waals surface area contributed by atoms with E-state index in [1.54, 1.807) is 22.8 Å². The Morgan fingerprint density at radius 2 is 1.96 bits per heavy atom. The molecule has 0 aliphatic carbocycles. The number of nitrogens with zero attached hydrogens (tertiary/aromatic N) is 3. The lowest BCUT2D eigenvalue weighted by molar-refractivity contribution is -0.128. The summed E-state index contributed by atoms with van der Waals surface area (Å²) < 4.78 is 1.68. The van der Waals surface area contributed by atoms with E-state index in [1.165, 1.54) is 24.6 Å². The molecule has 0 bridgehead atoms. The van der Waals surface area contributed by atoms with Crippen molar-refractivity contribution in [3.8, 4) is 0 Å². The predicted molar refractivity (Wildman–Crippen MR) is 107 cm³/mol. The van der Waals surface area contributed by atoms with Crippen LogP contribution in [0.5, 0.6) is 0 Å². The first kappa shape index (κ1) is 19.2. The van der Waals surface area contributed by atoms with Gasteiger partial charge in [0.25, 0.3) is 5.56 Å². The van der Waals surface area contributed by atoms with Crippen LogP contribution in [-0.2, 0) is 11.3 Å². The summed E-state index contributed by atoms with van der Waals surface area (Å²) in [5.74, 6) is 0.433. The van der Waals surface area contributed by atoms with E-state index >= 15 is 0 Å². The molecule has 3 rings (SSSR count). The molecule has 1 aliphatic rings. The van der Waals surface area contributed by atoms with E-state index < -0.39 is 0 Å². The number of amides is 1. The Kier molecular flexibility index (Phi) is 6.59. The molecule has 1 aromatic carbocycles. The van der Waals surface area contributed by atoms with Crippen molar-refractivity contribution in [1.82, 2.24) is 14.5 Å². The van der Waals surface area contributed by atoms with Gasteiger partial charge in [-0.05, 0) is 37.5 Å². The number of carbonyl (C=O) groups excluding carboxylic acids is 1. The molecule has 0 spiro atoms. The molecular weight excluding hydrogens is 370 g/mol. The predicted octanol–water partition coefficient (Wildman–Crippen LogP) is 3.95. The van der Waals surface area contributed by atoms with Crippen LogP contribution in [0.2, 0.25) is 5.02 Å². The zero-order chi connectivity index (χ0) is 18.5. The number of likely N-dealkylation sites (tertiary alicyclic amines) is 1. The van der Waals surface area contributed by atoms with Crippen LogP contribution in [-0.4, -0.2) is 39.2 Å². The number of benzene rings is 1. The van der Waals surface area contributed by atoms with E-state index in [1.807, 2.05) is 11.8 Å². The van der Waals surface area contributed by atoms with Crippen molar-refractivity contribution in [1.29, 1.82) is 0 Å². The van der Waals surface area contributed by atoms with Crippen molar-refractivity contribution in [3.63, 3.8) is 0 Å². The third-order valence-corrected chi connectivity index (χ3v) is 5.81. The number of fused-ring (bicyclic) bond motifs is 1. The van der Waals surface area contributed by atoms with Crippen molar-refractivity contribution in [3.05, 3.63) is 33.6 Å². The summed E-state index contributed by atoms with van der Waals surface area (Å²) in [6, 6.07) is 5.13. The highest BCUT2D eigenvalue weighted by molar-refractivity contribution is 7.99. The number of hydrogen-bond donors (Lipinski definition) is 0. The summed E-state index contributed by atoms with van der Waals surface area (Å²) in [5.41, 5.74) is 0.512. The van der Waals surface area contributed by atoms with Crippen LogP contribution in [0.15, 0.2) is 28.2 Å². The monoisotopic (exact) mass is 393 g/mol. The van der Waals surface area contributed by atoms with Crippen LogP contribution < -0.4 is 5.56 Å². The second-order valence-corrected chi connectivity index (χ2v) is 7.98. The highest BCUT2D eigenvalue weighted by atomic mass is 35.5. The van der Waals surface area contributed by atoms with E-state index in [4.69, 9.17) is 11.6 Å². The van der Waals surface area contributed by atoms with Crippen LogP contribution in [0.25, 0.3) is 10.9 Å². The van der Waals surface area contributed by atoms with Gasteiger partial charge in [0.1, 0.15) is 0 Å². The molecule has 5 nitrogen and oxygen atoms in total. The minimum Gasteiger partial charge on any atom is -0.342 e. The van der Waals surface area contributed by atoms with Gasteiger partial charge in [0.2, 0.25) is 5.91 Å². The number of rotatable bonds is 5. The van der Waals surface area contributed by atoms with Crippen LogP contribution in [0.4, 0.5) is 0 Å². The third kappa shape index (κ3) is 4.41. The maximum Gasteiger partial charge on any atom is 0.262 e. The van der Waals surface area contributed by atoms with Gasteiger partial charge in [-0.25, -0.2) is 4.98 Å². The Hall–Kier alpha value is -1.53. The second-order valence-electron chi connectivity index (χ2n) is 6.60. The first-order valence-corrected chi connectivity index (χ1v) is 10.6. The minimum atomic E-state index is -0.0711. The highest BCUT2D eigenvalue weighted by Crippen LogP contribution is 2.21. The summed E-state index contributed by atoms with van der Waals surface area (Å²) in [6.07, 6.45) is 5.36. The normalized spacial score (nSPS) is 15.2. The Morgan fingerprint density at radius 1 is 1.23 bits per heavy atom.